The minimum absolute atomic E-state index is 0.567. The number of hydrogen-bond donors (Lipinski definition) is 0. The molecule has 0 bridgehead atoms. The summed E-state index contributed by atoms with van der Waals surface area (Å²) < 4.78 is 6.94. The third-order valence-electron chi connectivity index (χ3n) is 10.8. The highest BCUT2D eigenvalue weighted by atomic mass is 16.3. The van der Waals surface area contributed by atoms with Gasteiger partial charge in [-0.25, -0.2) is 15.0 Å². The summed E-state index contributed by atoms with van der Waals surface area (Å²) in [4.78, 5) is 15.6. The van der Waals surface area contributed by atoms with Gasteiger partial charge < -0.3 is 4.42 Å². The van der Waals surface area contributed by atoms with E-state index < -0.39 is 5.41 Å². The van der Waals surface area contributed by atoms with Crippen molar-refractivity contribution in [2.75, 3.05) is 0 Å². The molecule has 9 aromatic rings. The number of benzene rings is 7. The Hall–Kier alpha value is -6.91. The molecule has 2 aliphatic carbocycles. The summed E-state index contributed by atoms with van der Waals surface area (Å²) in [6.07, 6.45) is 0. The summed E-state index contributed by atoms with van der Waals surface area (Å²) >= 11 is 0. The fourth-order valence-corrected chi connectivity index (χ4v) is 8.63. The van der Waals surface area contributed by atoms with E-state index in [-0.39, 0.29) is 0 Å². The Kier molecular flexibility index (Phi) is 6.13. The molecular weight excluding hydrogens is 635 g/mol. The molecule has 0 unspecified atom stereocenters. The number of furan rings is 1. The first-order valence-electron chi connectivity index (χ1n) is 17.6. The van der Waals surface area contributed by atoms with Crippen LogP contribution in [-0.4, -0.2) is 15.0 Å². The quantitative estimate of drug-likeness (QED) is 0.188. The molecular formula is C48H29N3O. The van der Waals surface area contributed by atoms with Crippen LogP contribution in [0.5, 0.6) is 0 Å². The molecule has 1 spiro atoms. The van der Waals surface area contributed by atoms with E-state index in [9.17, 15) is 0 Å². The molecule has 0 saturated carbocycles. The van der Waals surface area contributed by atoms with Crippen molar-refractivity contribution in [3.05, 3.63) is 198 Å². The largest absolute Gasteiger partial charge is 0.456 e. The van der Waals surface area contributed by atoms with Gasteiger partial charge in [0.15, 0.2) is 17.5 Å². The number of rotatable bonds is 4. The Labute approximate surface area is 300 Å². The maximum absolute atomic E-state index is 6.94. The maximum Gasteiger partial charge on any atom is 0.164 e. The number of para-hydroxylation sites is 1. The molecule has 2 aliphatic rings. The van der Waals surface area contributed by atoms with Crippen molar-refractivity contribution in [1.82, 2.24) is 15.0 Å². The molecule has 2 heterocycles. The van der Waals surface area contributed by atoms with Gasteiger partial charge >= 0.3 is 0 Å². The van der Waals surface area contributed by atoms with Crippen LogP contribution in [0.1, 0.15) is 22.3 Å². The molecule has 7 aromatic carbocycles. The summed E-state index contributed by atoms with van der Waals surface area (Å²) in [5, 5.41) is 1.12. The lowest BCUT2D eigenvalue weighted by Crippen LogP contribution is -2.25. The monoisotopic (exact) mass is 663 g/mol. The second kappa shape index (κ2) is 11.0. The minimum atomic E-state index is -0.567. The van der Waals surface area contributed by atoms with E-state index in [1.54, 1.807) is 0 Å². The highest BCUT2D eigenvalue weighted by Gasteiger charge is 2.55. The van der Waals surface area contributed by atoms with Crippen LogP contribution in [-0.2, 0) is 5.41 Å². The Bertz CT molecular complexity index is 2810. The molecule has 0 aliphatic heterocycles. The van der Waals surface area contributed by atoms with Crippen LogP contribution >= 0.6 is 0 Å². The van der Waals surface area contributed by atoms with E-state index in [2.05, 4.69) is 146 Å². The standard InChI is InChI=1S/C48H29N3O/c1-3-15-30(16-4-1)32-19-13-20-33(29-32)46-49-45(31-17-5-2-6-18-31)50-47(51-46)37-24-14-27-40-42(37)44-43(36-23-9-12-28-41(36)52-44)48(40)38-25-10-7-21-34(38)35-22-8-11-26-39(35)48/h1-29H. The molecule has 4 heteroatoms. The zero-order chi connectivity index (χ0) is 34.2. The fourth-order valence-electron chi connectivity index (χ4n) is 8.63. The van der Waals surface area contributed by atoms with Gasteiger partial charge in [-0.2, -0.15) is 0 Å². The zero-order valence-corrected chi connectivity index (χ0v) is 28.0. The highest BCUT2D eigenvalue weighted by molar-refractivity contribution is 6.04. The molecule has 52 heavy (non-hydrogen) atoms. The molecule has 0 atom stereocenters. The van der Waals surface area contributed by atoms with Gasteiger partial charge in [-0.05, 0) is 51.1 Å². The summed E-state index contributed by atoms with van der Waals surface area (Å²) in [5.74, 6) is 2.71. The van der Waals surface area contributed by atoms with Gasteiger partial charge in [-0.3, -0.25) is 0 Å². The van der Waals surface area contributed by atoms with Gasteiger partial charge in [-0.1, -0.05) is 164 Å². The number of fused-ring (bicyclic) bond motifs is 12. The number of nitrogens with zero attached hydrogens (tertiary/aromatic N) is 3. The third-order valence-corrected chi connectivity index (χ3v) is 10.8. The first-order chi connectivity index (χ1) is 25.8. The topological polar surface area (TPSA) is 51.8 Å². The van der Waals surface area contributed by atoms with Gasteiger partial charge in [-0.15, -0.1) is 0 Å². The predicted molar refractivity (Wildman–Crippen MR) is 208 cm³/mol. The molecule has 0 N–H and O–H groups in total. The Morgan fingerprint density at radius 1 is 0.385 bits per heavy atom. The van der Waals surface area contributed by atoms with Crippen molar-refractivity contribution in [3.63, 3.8) is 0 Å². The van der Waals surface area contributed by atoms with Crippen molar-refractivity contribution < 1.29 is 4.42 Å². The second-order valence-electron chi connectivity index (χ2n) is 13.5. The SMILES string of the molecule is c1ccc(-c2cccc(-c3nc(-c4ccccc4)nc(-c4cccc5c4-c4oc6ccccc6c4C54c5ccccc5-c5ccccc54)n3)c2)cc1. The van der Waals surface area contributed by atoms with Gasteiger partial charge in [0.25, 0.3) is 0 Å². The van der Waals surface area contributed by atoms with Crippen LogP contribution in [0.25, 0.3) is 78.7 Å². The Morgan fingerprint density at radius 3 is 1.65 bits per heavy atom. The average Bonchev–Trinajstić information content (AvgIpc) is 3.85. The van der Waals surface area contributed by atoms with Crippen molar-refractivity contribution in [3.8, 4) is 67.7 Å². The van der Waals surface area contributed by atoms with Crippen LogP contribution in [0.3, 0.4) is 0 Å². The highest BCUT2D eigenvalue weighted by Crippen LogP contribution is 2.65. The Morgan fingerprint density at radius 2 is 0.904 bits per heavy atom. The zero-order valence-electron chi connectivity index (χ0n) is 28.0. The van der Waals surface area contributed by atoms with E-state index >= 15 is 0 Å². The first kappa shape index (κ1) is 28.9. The molecule has 0 fully saturated rings. The molecule has 242 valence electrons. The maximum atomic E-state index is 6.94. The molecule has 2 aromatic heterocycles. The normalized spacial score (nSPS) is 13.2. The van der Waals surface area contributed by atoms with Crippen molar-refractivity contribution in [1.29, 1.82) is 0 Å². The molecule has 0 radical (unpaired) electrons. The van der Waals surface area contributed by atoms with Crippen molar-refractivity contribution >= 4 is 11.0 Å². The average molecular weight is 664 g/mol. The van der Waals surface area contributed by atoms with E-state index in [4.69, 9.17) is 19.4 Å². The van der Waals surface area contributed by atoms with E-state index in [1.165, 1.54) is 33.4 Å². The van der Waals surface area contributed by atoms with Crippen LogP contribution in [0.15, 0.2) is 180 Å². The van der Waals surface area contributed by atoms with Gasteiger partial charge in [0, 0.05) is 33.2 Å². The van der Waals surface area contributed by atoms with Crippen LogP contribution in [0.2, 0.25) is 0 Å². The van der Waals surface area contributed by atoms with E-state index in [1.807, 2.05) is 30.3 Å². The van der Waals surface area contributed by atoms with Gasteiger partial charge in [0.2, 0.25) is 0 Å². The lowest BCUT2D eigenvalue weighted by atomic mass is 9.70. The summed E-state index contributed by atoms with van der Waals surface area (Å²) in [7, 11) is 0. The smallest absolute Gasteiger partial charge is 0.164 e. The summed E-state index contributed by atoms with van der Waals surface area (Å²) in [6, 6.07) is 61.7. The summed E-state index contributed by atoms with van der Waals surface area (Å²) in [5.41, 5.74) is 13.7. The second-order valence-corrected chi connectivity index (χ2v) is 13.5. The van der Waals surface area contributed by atoms with E-state index in [0.717, 1.165) is 50.1 Å². The van der Waals surface area contributed by atoms with Crippen molar-refractivity contribution in [2.45, 2.75) is 5.41 Å². The van der Waals surface area contributed by atoms with Crippen LogP contribution in [0.4, 0.5) is 0 Å². The minimum Gasteiger partial charge on any atom is -0.456 e. The molecule has 0 saturated heterocycles. The van der Waals surface area contributed by atoms with Crippen molar-refractivity contribution in [2.24, 2.45) is 0 Å². The van der Waals surface area contributed by atoms with E-state index in [0.29, 0.717) is 17.5 Å². The molecule has 0 amide bonds. The molecule has 4 nitrogen and oxygen atoms in total. The number of hydrogen-bond acceptors (Lipinski definition) is 4. The van der Waals surface area contributed by atoms with Crippen LogP contribution < -0.4 is 0 Å². The molecule has 11 rings (SSSR count). The fraction of sp³-hybridized carbons (Fsp3) is 0.0208. The third kappa shape index (κ3) is 4.00. The lowest BCUT2D eigenvalue weighted by Gasteiger charge is -2.30. The Balaban J connectivity index is 1.21. The van der Waals surface area contributed by atoms with Gasteiger partial charge in [0.05, 0.1) is 5.41 Å². The number of aromatic nitrogens is 3. The first-order valence-corrected chi connectivity index (χ1v) is 17.6. The van der Waals surface area contributed by atoms with Crippen LogP contribution in [0, 0.1) is 0 Å². The lowest BCUT2D eigenvalue weighted by molar-refractivity contribution is 0.628. The summed E-state index contributed by atoms with van der Waals surface area (Å²) in [6.45, 7) is 0. The predicted octanol–water partition coefficient (Wildman–Crippen LogP) is 11.6. The van der Waals surface area contributed by atoms with Gasteiger partial charge in [0.1, 0.15) is 11.3 Å².